The first kappa shape index (κ1) is 13.9. The van der Waals surface area contributed by atoms with Crippen LogP contribution in [0.15, 0.2) is 41.0 Å². The third-order valence-electron chi connectivity index (χ3n) is 3.26. The number of benzene rings is 1. The second-order valence-corrected chi connectivity index (χ2v) is 5.71. The van der Waals surface area contributed by atoms with Crippen LogP contribution in [0.4, 0.5) is 5.82 Å². The third-order valence-corrected chi connectivity index (χ3v) is 3.95. The highest BCUT2D eigenvalue weighted by Crippen LogP contribution is 2.30. The van der Waals surface area contributed by atoms with Gasteiger partial charge < -0.3 is 5.73 Å². The van der Waals surface area contributed by atoms with Crippen LogP contribution >= 0.6 is 15.9 Å². The van der Waals surface area contributed by atoms with Gasteiger partial charge in [0.1, 0.15) is 5.82 Å². The van der Waals surface area contributed by atoms with E-state index in [4.69, 9.17) is 5.73 Å². The highest BCUT2D eigenvalue weighted by molar-refractivity contribution is 9.10. The van der Waals surface area contributed by atoms with Gasteiger partial charge in [-0.3, -0.25) is 4.98 Å². The molecule has 3 rings (SSSR count). The standard InChI is InChI=1S/C16H15BrN4/c1-2-4-10-9-14(18)21-16(20-10)12-6-7-13(17)11-5-3-8-19-15(11)12/h3,5-9H,2,4H2,1H3,(H2,18,20,21). The van der Waals surface area contributed by atoms with E-state index in [0.29, 0.717) is 11.6 Å². The zero-order valence-corrected chi connectivity index (χ0v) is 13.3. The largest absolute Gasteiger partial charge is 0.384 e. The number of nitrogens with two attached hydrogens (primary N) is 1. The van der Waals surface area contributed by atoms with Gasteiger partial charge in [0, 0.05) is 33.4 Å². The summed E-state index contributed by atoms with van der Waals surface area (Å²) in [6.07, 6.45) is 3.69. The number of aryl methyl sites for hydroxylation is 1. The van der Waals surface area contributed by atoms with E-state index in [9.17, 15) is 0 Å². The van der Waals surface area contributed by atoms with Crippen LogP contribution in [0.1, 0.15) is 19.0 Å². The summed E-state index contributed by atoms with van der Waals surface area (Å²) in [7, 11) is 0. The Labute approximate surface area is 131 Å². The third kappa shape index (κ3) is 2.74. The molecule has 3 aromatic rings. The molecule has 0 aliphatic heterocycles. The van der Waals surface area contributed by atoms with Crippen molar-refractivity contribution in [3.8, 4) is 11.4 Å². The number of pyridine rings is 1. The summed E-state index contributed by atoms with van der Waals surface area (Å²) in [6.45, 7) is 2.12. The monoisotopic (exact) mass is 342 g/mol. The van der Waals surface area contributed by atoms with E-state index in [0.717, 1.165) is 39.5 Å². The SMILES string of the molecule is CCCc1cc(N)nc(-c2ccc(Br)c3cccnc23)n1. The lowest BCUT2D eigenvalue weighted by molar-refractivity contribution is 0.877. The molecule has 0 saturated carbocycles. The predicted molar refractivity (Wildman–Crippen MR) is 88.9 cm³/mol. The fourth-order valence-corrected chi connectivity index (χ4v) is 2.79. The maximum Gasteiger partial charge on any atom is 0.163 e. The average Bonchev–Trinajstić information content (AvgIpc) is 2.47. The van der Waals surface area contributed by atoms with Crippen LogP contribution in [-0.2, 0) is 6.42 Å². The number of halogens is 1. The zero-order valence-electron chi connectivity index (χ0n) is 11.7. The summed E-state index contributed by atoms with van der Waals surface area (Å²) in [4.78, 5) is 13.5. The van der Waals surface area contributed by atoms with Crippen molar-refractivity contribution in [1.29, 1.82) is 0 Å². The van der Waals surface area contributed by atoms with Gasteiger partial charge in [0.25, 0.3) is 0 Å². The smallest absolute Gasteiger partial charge is 0.163 e. The maximum absolute atomic E-state index is 5.92. The first-order valence-electron chi connectivity index (χ1n) is 6.86. The number of fused-ring (bicyclic) bond motifs is 1. The molecule has 0 unspecified atom stereocenters. The molecule has 2 N–H and O–H groups in total. The molecule has 0 radical (unpaired) electrons. The van der Waals surface area contributed by atoms with Gasteiger partial charge in [-0.25, -0.2) is 9.97 Å². The Balaban J connectivity index is 2.23. The zero-order chi connectivity index (χ0) is 14.8. The van der Waals surface area contributed by atoms with Crippen LogP contribution in [0.25, 0.3) is 22.3 Å². The Bertz CT molecular complexity index is 801. The topological polar surface area (TPSA) is 64.7 Å². The van der Waals surface area contributed by atoms with Gasteiger partial charge in [-0.05, 0) is 24.6 Å². The summed E-state index contributed by atoms with van der Waals surface area (Å²) in [5.41, 5.74) is 8.66. The van der Waals surface area contributed by atoms with Crippen molar-refractivity contribution in [1.82, 2.24) is 15.0 Å². The molecule has 1 aromatic carbocycles. The lowest BCUT2D eigenvalue weighted by Gasteiger charge is -2.08. The molecule has 0 bridgehead atoms. The van der Waals surface area contributed by atoms with Crippen LogP contribution in [-0.4, -0.2) is 15.0 Å². The van der Waals surface area contributed by atoms with Crippen molar-refractivity contribution in [2.75, 3.05) is 5.73 Å². The van der Waals surface area contributed by atoms with E-state index in [2.05, 4.69) is 37.8 Å². The lowest BCUT2D eigenvalue weighted by Crippen LogP contribution is -2.01. The molecule has 2 aromatic heterocycles. The Kier molecular flexibility index (Phi) is 3.84. The number of nitrogen functional groups attached to an aromatic ring is 1. The number of rotatable bonds is 3. The average molecular weight is 343 g/mol. The highest BCUT2D eigenvalue weighted by Gasteiger charge is 2.11. The van der Waals surface area contributed by atoms with Crippen molar-refractivity contribution in [2.45, 2.75) is 19.8 Å². The Morgan fingerprint density at radius 3 is 2.86 bits per heavy atom. The van der Waals surface area contributed by atoms with Gasteiger partial charge in [0.05, 0.1) is 5.52 Å². The fraction of sp³-hybridized carbons (Fsp3) is 0.188. The maximum atomic E-state index is 5.92. The molecule has 0 spiro atoms. The van der Waals surface area contributed by atoms with Gasteiger partial charge >= 0.3 is 0 Å². The normalized spacial score (nSPS) is 11.0. The summed E-state index contributed by atoms with van der Waals surface area (Å²) >= 11 is 3.55. The molecule has 4 nitrogen and oxygen atoms in total. The van der Waals surface area contributed by atoms with Crippen LogP contribution in [0.5, 0.6) is 0 Å². The second-order valence-electron chi connectivity index (χ2n) is 4.85. The molecular formula is C16H15BrN4. The van der Waals surface area contributed by atoms with Gasteiger partial charge in [0.15, 0.2) is 5.82 Å². The molecule has 0 atom stereocenters. The summed E-state index contributed by atoms with van der Waals surface area (Å²) in [5, 5.41) is 1.04. The molecule has 0 aliphatic rings. The number of hydrogen-bond acceptors (Lipinski definition) is 4. The first-order valence-corrected chi connectivity index (χ1v) is 7.65. The molecule has 0 fully saturated rings. The Morgan fingerprint density at radius 2 is 2.05 bits per heavy atom. The Morgan fingerprint density at radius 1 is 1.19 bits per heavy atom. The number of anilines is 1. The molecule has 2 heterocycles. The number of nitrogens with zero attached hydrogens (tertiary/aromatic N) is 3. The van der Waals surface area contributed by atoms with Crippen molar-refractivity contribution in [2.24, 2.45) is 0 Å². The van der Waals surface area contributed by atoms with Gasteiger partial charge in [0.2, 0.25) is 0 Å². The van der Waals surface area contributed by atoms with E-state index >= 15 is 0 Å². The summed E-state index contributed by atoms with van der Waals surface area (Å²) in [6, 6.07) is 9.74. The number of hydrogen-bond donors (Lipinski definition) is 1. The van der Waals surface area contributed by atoms with Crippen LogP contribution < -0.4 is 5.73 Å². The van der Waals surface area contributed by atoms with Crippen molar-refractivity contribution in [3.63, 3.8) is 0 Å². The van der Waals surface area contributed by atoms with Gasteiger partial charge in [-0.15, -0.1) is 0 Å². The van der Waals surface area contributed by atoms with E-state index in [-0.39, 0.29) is 0 Å². The lowest BCUT2D eigenvalue weighted by atomic mass is 10.1. The van der Waals surface area contributed by atoms with E-state index in [1.54, 1.807) is 6.20 Å². The minimum Gasteiger partial charge on any atom is -0.384 e. The van der Waals surface area contributed by atoms with Crippen molar-refractivity contribution < 1.29 is 0 Å². The summed E-state index contributed by atoms with van der Waals surface area (Å²) < 4.78 is 1.01. The molecule has 21 heavy (non-hydrogen) atoms. The minimum atomic E-state index is 0.496. The first-order chi connectivity index (χ1) is 10.2. The van der Waals surface area contributed by atoms with E-state index < -0.39 is 0 Å². The van der Waals surface area contributed by atoms with E-state index in [1.807, 2.05) is 30.3 Å². The molecule has 0 saturated heterocycles. The molecule has 5 heteroatoms. The van der Waals surface area contributed by atoms with Gasteiger partial charge in [-0.2, -0.15) is 0 Å². The Hall–Kier alpha value is -2.01. The molecule has 0 amide bonds. The van der Waals surface area contributed by atoms with Gasteiger partial charge in [-0.1, -0.05) is 35.3 Å². The number of aromatic nitrogens is 3. The van der Waals surface area contributed by atoms with E-state index in [1.165, 1.54) is 0 Å². The second kappa shape index (κ2) is 5.77. The predicted octanol–water partition coefficient (Wildman–Crippen LogP) is 3.99. The molecular weight excluding hydrogens is 328 g/mol. The highest BCUT2D eigenvalue weighted by atomic mass is 79.9. The van der Waals surface area contributed by atoms with Crippen LogP contribution in [0.3, 0.4) is 0 Å². The fourth-order valence-electron chi connectivity index (χ4n) is 2.34. The molecule has 106 valence electrons. The minimum absolute atomic E-state index is 0.496. The van der Waals surface area contributed by atoms with Crippen molar-refractivity contribution >= 4 is 32.7 Å². The molecule has 0 aliphatic carbocycles. The summed E-state index contributed by atoms with van der Waals surface area (Å²) in [5.74, 6) is 1.13. The quantitative estimate of drug-likeness (QED) is 0.781. The van der Waals surface area contributed by atoms with Crippen molar-refractivity contribution in [3.05, 3.63) is 46.7 Å². The van der Waals surface area contributed by atoms with Crippen LogP contribution in [0, 0.1) is 0 Å². The van der Waals surface area contributed by atoms with Crippen LogP contribution in [0.2, 0.25) is 0 Å².